The summed E-state index contributed by atoms with van der Waals surface area (Å²) < 4.78 is 0. The van der Waals surface area contributed by atoms with Gasteiger partial charge in [0.05, 0.1) is 0 Å². The third kappa shape index (κ3) is 3.13. The lowest BCUT2D eigenvalue weighted by Crippen LogP contribution is -2.28. The monoisotopic (exact) mass is 268 g/mol. The summed E-state index contributed by atoms with van der Waals surface area (Å²) in [5, 5.41) is 6.30. The summed E-state index contributed by atoms with van der Waals surface area (Å²) in [7, 11) is 0. The molecule has 0 aromatic heterocycles. The molecule has 1 fully saturated rings. The Morgan fingerprint density at radius 3 is 2.70 bits per heavy atom. The second-order valence-electron chi connectivity index (χ2n) is 5.66. The summed E-state index contributed by atoms with van der Waals surface area (Å²) in [6.45, 7) is 5.59. The van der Waals surface area contributed by atoms with Crippen LogP contribution >= 0.6 is 0 Å². The largest absolute Gasteiger partial charge is 0.371 e. The number of hydrogen-bond acceptors (Lipinski definition) is 2. The van der Waals surface area contributed by atoms with E-state index in [1.54, 1.807) is 0 Å². The Hall–Kier alpha value is -1.54. The minimum Gasteiger partial charge on any atom is -0.371 e. The maximum atomic E-state index is 3.60. The molecule has 2 aromatic rings. The van der Waals surface area contributed by atoms with E-state index in [0.717, 1.165) is 25.7 Å². The standard InChI is InChI=1S/C18H24N2/c1-2-20(14-6-13-19-16-11-12-16)18-10-5-8-15-7-3-4-9-17(15)18/h3-5,7-10,16,19H,2,6,11-14H2,1H3. The molecular formula is C18H24N2. The smallest absolute Gasteiger partial charge is 0.0445 e. The minimum absolute atomic E-state index is 0.822. The third-order valence-corrected chi connectivity index (χ3v) is 4.10. The van der Waals surface area contributed by atoms with E-state index < -0.39 is 0 Å². The summed E-state index contributed by atoms with van der Waals surface area (Å²) in [6.07, 6.45) is 3.97. The molecule has 3 rings (SSSR count). The van der Waals surface area contributed by atoms with Gasteiger partial charge in [0.2, 0.25) is 0 Å². The van der Waals surface area contributed by atoms with Gasteiger partial charge in [-0.1, -0.05) is 36.4 Å². The van der Waals surface area contributed by atoms with E-state index >= 15 is 0 Å². The van der Waals surface area contributed by atoms with Crippen molar-refractivity contribution in [2.24, 2.45) is 0 Å². The van der Waals surface area contributed by atoms with Crippen molar-refractivity contribution in [2.45, 2.75) is 32.2 Å². The second-order valence-corrected chi connectivity index (χ2v) is 5.66. The Morgan fingerprint density at radius 1 is 1.10 bits per heavy atom. The van der Waals surface area contributed by atoms with E-state index in [1.807, 2.05) is 0 Å². The molecule has 106 valence electrons. The summed E-state index contributed by atoms with van der Waals surface area (Å²) in [6, 6.07) is 16.1. The molecule has 2 aromatic carbocycles. The number of fused-ring (bicyclic) bond motifs is 1. The summed E-state index contributed by atoms with van der Waals surface area (Å²) in [4.78, 5) is 2.50. The molecule has 0 spiro atoms. The molecule has 1 aliphatic rings. The van der Waals surface area contributed by atoms with Crippen LogP contribution in [0, 0.1) is 0 Å². The van der Waals surface area contributed by atoms with E-state index in [1.165, 1.54) is 35.7 Å². The fourth-order valence-corrected chi connectivity index (χ4v) is 2.80. The molecule has 0 bridgehead atoms. The van der Waals surface area contributed by atoms with Gasteiger partial charge in [-0.2, -0.15) is 0 Å². The molecule has 0 saturated heterocycles. The lowest BCUT2D eigenvalue weighted by atomic mass is 10.1. The zero-order valence-electron chi connectivity index (χ0n) is 12.3. The van der Waals surface area contributed by atoms with Gasteiger partial charge >= 0.3 is 0 Å². The zero-order valence-corrected chi connectivity index (χ0v) is 12.3. The molecule has 1 aliphatic carbocycles. The number of nitrogens with one attached hydrogen (secondary N) is 1. The minimum atomic E-state index is 0.822. The Kier molecular flexibility index (Phi) is 4.22. The SMILES string of the molecule is CCN(CCCNC1CC1)c1cccc2ccccc12. The highest BCUT2D eigenvalue weighted by atomic mass is 15.1. The van der Waals surface area contributed by atoms with Gasteiger partial charge in [-0.3, -0.25) is 0 Å². The lowest BCUT2D eigenvalue weighted by molar-refractivity contribution is 0.634. The molecule has 2 heteroatoms. The van der Waals surface area contributed by atoms with Crippen LogP contribution in [-0.2, 0) is 0 Å². The van der Waals surface area contributed by atoms with Crippen molar-refractivity contribution in [3.05, 3.63) is 42.5 Å². The average molecular weight is 268 g/mol. The first-order valence-corrected chi connectivity index (χ1v) is 7.84. The van der Waals surface area contributed by atoms with Gasteiger partial charge in [-0.15, -0.1) is 0 Å². The zero-order chi connectivity index (χ0) is 13.8. The van der Waals surface area contributed by atoms with Crippen LogP contribution in [0.25, 0.3) is 10.8 Å². The first kappa shape index (κ1) is 13.4. The highest BCUT2D eigenvalue weighted by Crippen LogP contribution is 2.26. The van der Waals surface area contributed by atoms with E-state index in [4.69, 9.17) is 0 Å². The molecule has 0 unspecified atom stereocenters. The molecule has 0 atom stereocenters. The summed E-state index contributed by atoms with van der Waals surface area (Å²) >= 11 is 0. The van der Waals surface area contributed by atoms with Crippen LogP contribution in [0.4, 0.5) is 5.69 Å². The van der Waals surface area contributed by atoms with Crippen LogP contribution < -0.4 is 10.2 Å². The van der Waals surface area contributed by atoms with E-state index in [2.05, 4.69) is 59.6 Å². The van der Waals surface area contributed by atoms with Crippen molar-refractivity contribution in [1.82, 2.24) is 5.32 Å². The normalized spacial score (nSPS) is 14.7. The van der Waals surface area contributed by atoms with E-state index in [9.17, 15) is 0 Å². The average Bonchev–Trinajstić information content (AvgIpc) is 3.31. The fraction of sp³-hybridized carbons (Fsp3) is 0.444. The maximum Gasteiger partial charge on any atom is 0.0445 e. The van der Waals surface area contributed by atoms with E-state index in [-0.39, 0.29) is 0 Å². The van der Waals surface area contributed by atoms with Crippen LogP contribution in [-0.4, -0.2) is 25.7 Å². The van der Waals surface area contributed by atoms with E-state index in [0.29, 0.717) is 0 Å². The molecule has 1 saturated carbocycles. The molecule has 20 heavy (non-hydrogen) atoms. The molecule has 0 radical (unpaired) electrons. The predicted molar refractivity (Wildman–Crippen MR) is 87.5 cm³/mol. The first-order chi connectivity index (χ1) is 9.88. The quantitative estimate of drug-likeness (QED) is 0.768. The topological polar surface area (TPSA) is 15.3 Å². The van der Waals surface area contributed by atoms with Gasteiger partial charge in [0.15, 0.2) is 0 Å². The maximum absolute atomic E-state index is 3.60. The molecule has 1 N–H and O–H groups in total. The highest BCUT2D eigenvalue weighted by molar-refractivity contribution is 5.94. The van der Waals surface area contributed by atoms with Gasteiger partial charge in [-0.05, 0) is 44.2 Å². The van der Waals surface area contributed by atoms with Gasteiger partial charge in [0.25, 0.3) is 0 Å². The Morgan fingerprint density at radius 2 is 1.90 bits per heavy atom. The molecule has 0 amide bonds. The fourth-order valence-electron chi connectivity index (χ4n) is 2.80. The van der Waals surface area contributed by atoms with Gasteiger partial charge in [-0.25, -0.2) is 0 Å². The van der Waals surface area contributed by atoms with Crippen LogP contribution in [0.3, 0.4) is 0 Å². The predicted octanol–water partition coefficient (Wildman–Crippen LogP) is 3.81. The number of rotatable bonds is 7. The van der Waals surface area contributed by atoms with Crippen molar-refractivity contribution in [1.29, 1.82) is 0 Å². The molecule has 2 nitrogen and oxygen atoms in total. The summed E-state index contributed by atoms with van der Waals surface area (Å²) in [5.74, 6) is 0. The molecule has 0 heterocycles. The number of benzene rings is 2. The van der Waals surface area contributed by atoms with Crippen LogP contribution in [0.15, 0.2) is 42.5 Å². The first-order valence-electron chi connectivity index (χ1n) is 7.84. The number of hydrogen-bond donors (Lipinski definition) is 1. The lowest BCUT2D eigenvalue weighted by Gasteiger charge is -2.25. The Bertz CT molecular complexity index is 555. The molecular weight excluding hydrogens is 244 g/mol. The van der Waals surface area contributed by atoms with Gasteiger partial charge in [0, 0.05) is 30.2 Å². The molecule has 0 aliphatic heterocycles. The number of anilines is 1. The van der Waals surface area contributed by atoms with Crippen LogP contribution in [0.1, 0.15) is 26.2 Å². The van der Waals surface area contributed by atoms with Crippen molar-refractivity contribution in [3.8, 4) is 0 Å². The van der Waals surface area contributed by atoms with Crippen molar-refractivity contribution in [3.63, 3.8) is 0 Å². The van der Waals surface area contributed by atoms with Gasteiger partial charge < -0.3 is 10.2 Å². The third-order valence-electron chi connectivity index (χ3n) is 4.10. The van der Waals surface area contributed by atoms with Crippen molar-refractivity contribution < 1.29 is 0 Å². The summed E-state index contributed by atoms with van der Waals surface area (Å²) in [5.41, 5.74) is 1.37. The van der Waals surface area contributed by atoms with Crippen molar-refractivity contribution >= 4 is 16.5 Å². The number of nitrogens with zero attached hydrogens (tertiary/aromatic N) is 1. The highest BCUT2D eigenvalue weighted by Gasteiger charge is 2.19. The van der Waals surface area contributed by atoms with Crippen LogP contribution in [0.2, 0.25) is 0 Å². The Balaban J connectivity index is 1.69. The second kappa shape index (κ2) is 6.27. The van der Waals surface area contributed by atoms with Crippen molar-refractivity contribution in [2.75, 3.05) is 24.5 Å². The van der Waals surface area contributed by atoms with Gasteiger partial charge in [0.1, 0.15) is 0 Å². The van der Waals surface area contributed by atoms with Crippen LogP contribution in [0.5, 0.6) is 0 Å². The Labute approximate surface area is 121 Å².